The normalized spacial score (nSPS) is 20.1. The molecule has 0 unspecified atom stereocenters. The lowest BCUT2D eigenvalue weighted by Crippen LogP contribution is -2.40. The zero-order valence-electron chi connectivity index (χ0n) is 12.2. The number of piperidine rings is 1. The van der Waals surface area contributed by atoms with Gasteiger partial charge in [-0.2, -0.15) is 0 Å². The van der Waals surface area contributed by atoms with Crippen LogP contribution < -0.4 is 15.2 Å². The van der Waals surface area contributed by atoms with E-state index in [9.17, 15) is 0 Å². The molecule has 20 heavy (non-hydrogen) atoms. The van der Waals surface area contributed by atoms with E-state index < -0.39 is 0 Å². The second kappa shape index (κ2) is 6.02. The number of nitrogens with two attached hydrogens (primary N) is 1. The van der Waals surface area contributed by atoms with E-state index in [-0.39, 0.29) is 0 Å². The van der Waals surface area contributed by atoms with E-state index in [1.807, 2.05) is 0 Å². The van der Waals surface area contributed by atoms with Crippen molar-refractivity contribution >= 4 is 0 Å². The van der Waals surface area contributed by atoms with Crippen LogP contribution in [0.25, 0.3) is 0 Å². The van der Waals surface area contributed by atoms with Gasteiger partial charge in [-0.15, -0.1) is 0 Å². The van der Waals surface area contributed by atoms with Crippen molar-refractivity contribution in [2.75, 3.05) is 32.8 Å². The molecule has 110 valence electrons. The quantitative estimate of drug-likeness (QED) is 0.913. The maximum absolute atomic E-state index is 5.95. The number of likely N-dealkylation sites (tertiary alicyclic amines) is 1. The van der Waals surface area contributed by atoms with Crippen LogP contribution in [0.4, 0.5) is 0 Å². The summed E-state index contributed by atoms with van der Waals surface area (Å²) in [5.74, 6) is 1.79. The number of ether oxygens (including phenoxy) is 2. The first-order valence-corrected chi connectivity index (χ1v) is 7.59. The first-order chi connectivity index (χ1) is 9.72. The molecule has 4 heteroatoms. The van der Waals surface area contributed by atoms with Gasteiger partial charge in [0.15, 0.2) is 11.5 Å². The summed E-state index contributed by atoms with van der Waals surface area (Å²) in [4.78, 5) is 2.51. The molecule has 0 bridgehead atoms. The summed E-state index contributed by atoms with van der Waals surface area (Å²) < 4.78 is 11.3. The molecule has 1 saturated heterocycles. The Hall–Kier alpha value is -1.26. The third-order valence-electron chi connectivity index (χ3n) is 4.33. The lowest BCUT2D eigenvalue weighted by atomic mass is 10.0. The minimum Gasteiger partial charge on any atom is -0.486 e. The maximum Gasteiger partial charge on any atom is 0.161 e. The van der Waals surface area contributed by atoms with Gasteiger partial charge in [0.1, 0.15) is 13.2 Å². The van der Waals surface area contributed by atoms with E-state index in [1.54, 1.807) is 0 Å². The number of rotatable bonds is 3. The third kappa shape index (κ3) is 3.07. The molecule has 2 N–H and O–H groups in total. The number of aryl methyl sites for hydroxylation is 1. The summed E-state index contributed by atoms with van der Waals surface area (Å²) in [5.41, 5.74) is 8.61. The Labute approximate surface area is 120 Å². The van der Waals surface area contributed by atoms with Gasteiger partial charge in [-0.3, -0.25) is 0 Å². The second-order valence-electron chi connectivity index (χ2n) is 5.85. The van der Waals surface area contributed by atoms with Crippen molar-refractivity contribution < 1.29 is 9.47 Å². The topological polar surface area (TPSA) is 47.7 Å². The largest absolute Gasteiger partial charge is 0.486 e. The highest BCUT2D eigenvalue weighted by Gasteiger charge is 2.17. The molecule has 2 heterocycles. The summed E-state index contributed by atoms with van der Waals surface area (Å²) in [7, 11) is 0. The summed E-state index contributed by atoms with van der Waals surface area (Å²) >= 11 is 0. The average molecular weight is 276 g/mol. The van der Waals surface area contributed by atoms with Crippen molar-refractivity contribution in [3.05, 3.63) is 23.3 Å². The molecular weight excluding hydrogens is 252 g/mol. The SMILES string of the molecule is Cc1cc2c(cc1CCN1CCC(N)CC1)OCCO2. The summed E-state index contributed by atoms with van der Waals surface area (Å²) in [6.07, 6.45) is 3.32. The van der Waals surface area contributed by atoms with Crippen LogP contribution in [0.5, 0.6) is 11.5 Å². The number of benzene rings is 1. The van der Waals surface area contributed by atoms with E-state index in [0.29, 0.717) is 19.3 Å². The maximum atomic E-state index is 5.95. The number of fused-ring (bicyclic) bond motifs is 1. The first kappa shape index (κ1) is 13.7. The highest BCUT2D eigenvalue weighted by atomic mass is 16.6. The second-order valence-corrected chi connectivity index (χ2v) is 5.85. The third-order valence-corrected chi connectivity index (χ3v) is 4.33. The van der Waals surface area contributed by atoms with Gasteiger partial charge in [-0.1, -0.05) is 0 Å². The van der Waals surface area contributed by atoms with Gasteiger partial charge in [0, 0.05) is 12.6 Å². The predicted octanol–water partition coefficient (Wildman–Crippen LogP) is 1.73. The Kier molecular flexibility index (Phi) is 4.13. The molecule has 0 aliphatic carbocycles. The van der Waals surface area contributed by atoms with Crippen molar-refractivity contribution in [1.29, 1.82) is 0 Å². The van der Waals surface area contributed by atoms with Crippen LogP contribution in [0, 0.1) is 6.92 Å². The zero-order valence-corrected chi connectivity index (χ0v) is 12.2. The molecule has 1 aromatic rings. The lowest BCUT2D eigenvalue weighted by molar-refractivity contribution is 0.171. The first-order valence-electron chi connectivity index (χ1n) is 7.59. The minimum absolute atomic E-state index is 0.405. The van der Waals surface area contributed by atoms with Gasteiger partial charge in [0.25, 0.3) is 0 Å². The molecule has 0 spiro atoms. The van der Waals surface area contributed by atoms with Gasteiger partial charge in [0.2, 0.25) is 0 Å². The molecule has 4 nitrogen and oxygen atoms in total. The summed E-state index contributed by atoms with van der Waals surface area (Å²) in [5, 5.41) is 0. The van der Waals surface area contributed by atoms with Crippen LogP contribution in [0.2, 0.25) is 0 Å². The van der Waals surface area contributed by atoms with Crippen LogP contribution in [0.15, 0.2) is 12.1 Å². The van der Waals surface area contributed by atoms with Gasteiger partial charge in [-0.25, -0.2) is 0 Å². The molecular formula is C16H24N2O2. The van der Waals surface area contributed by atoms with Crippen LogP contribution in [-0.2, 0) is 6.42 Å². The molecule has 3 rings (SSSR count). The fourth-order valence-electron chi connectivity index (χ4n) is 2.96. The molecule has 0 atom stereocenters. The van der Waals surface area contributed by atoms with E-state index in [2.05, 4.69) is 24.0 Å². The smallest absolute Gasteiger partial charge is 0.161 e. The van der Waals surface area contributed by atoms with Crippen LogP contribution in [0.3, 0.4) is 0 Å². The predicted molar refractivity (Wildman–Crippen MR) is 79.5 cm³/mol. The van der Waals surface area contributed by atoms with Gasteiger partial charge in [-0.05, 0) is 62.5 Å². The Morgan fingerprint density at radius 2 is 1.80 bits per heavy atom. The minimum atomic E-state index is 0.405. The van der Waals surface area contributed by atoms with E-state index in [4.69, 9.17) is 15.2 Å². The molecule has 2 aliphatic rings. The van der Waals surface area contributed by atoms with Gasteiger partial charge in [0.05, 0.1) is 0 Å². The van der Waals surface area contributed by atoms with Crippen molar-refractivity contribution in [1.82, 2.24) is 4.90 Å². The zero-order chi connectivity index (χ0) is 13.9. The monoisotopic (exact) mass is 276 g/mol. The molecule has 0 amide bonds. The average Bonchev–Trinajstić information content (AvgIpc) is 2.47. The Morgan fingerprint density at radius 3 is 2.50 bits per heavy atom. The van der Waals surface area contributed by atoms with Crippen LogP contribution in [0.1, 0.15) is 24.0 Å². The lowest BCUT2D eigenvalue weighted by Gasteiger charge is -2.30. The Morgan fingerprint density at radius 1 is 1.15 bits per heavy atom. The fraction of sp³-hybridized carbons (Fsp3) is 0.625. The van der Waals surface area contributed by atoms with Crippen molar-refractivity contribution in [2.24, 2.45) is 5.73 Å². The van der Waals surface area contributed by atoms with Crippen molar-refractivity contribution in [3.63, 3.8) is 0 Å². The standard InChI is InChI=1S/C16H24N2O2/c1-12-10-15-16(20-9-8-19-15)11-13(12)2-5-18-6-3-14(17)4-7-18/h10-11,14H,2-9,17H2,1H3. The van der Waals surface area contributed by atoms with E-state index >= 15 is 0 Å². The van der Waals surface area contributed by atoms with Crippen molar-refractivity contribution in [2.45, 2.75) is 32.2 Å². The molecule has 0 saturated carbocycles. The van der Waals surface area contributed by atoms with E-state index in [1.165, 1.54) is 11.1 Å². The van der Waals surface area contributed by atoms with E-state index in [0.717, 1.165) is 50.4 Å². The van der Waals surface area contributed by atoms with Crippen LogP contribution in [-0.4, -0.2) is 43.8 Å². The molecule has 1 aromatic carbocycles. The number of nitrogens with zero attached hydrogens (tertiary/aromatic N) is 1. The Bertz CT molecular complexity index is 468. The molecule has 1 fully saturated rings. The highest BCUT2D eigenvalue weighted by Crippen LogP contribution is 2.33. The van der Waals surface area contributed by atoms with Crippen LogP contribution >= 0.6 is 0 Å². The molecule has 0 aromatic heterocycles. The highest BCUT2D eigenvalue weighted by molar-refractivity contribution is 5.47. The number of hydrogen-bond donors (Lipinski definition) is 1. The Balaban J connectivity index is 1.62. The van der Waals surface area contributed by atoms with Gasteiger partial charge >= 0.3 is 0 Å². The van der Waals surface area contributed by atoms with Crippen molar-refractivity contribution in [3.8, 4) is 11.5 Å². The number of hydrogen-bond acceptors (Lipinski definition) is 4. The fourth-order valence-corrected chi connectivity index (χ4v) is 2.96. The summed E-state index contributed by atoms with van der Waals surface area (Å²) in [6, 6.07) is 4.66. The van der Waals surface area contributed by atoms with Gasteiger partial charge < -0.3 is 20.1 Å². The summed E-state index contributed by atoms with van der Waals surface area (Å²) in [6.45, 7) is 6.82. The molecule has 2 aliphatic heterocycles. The molecule has 0 radical (unpaired) electrons.